The van der Waals surface area contributed by atoms with E-state index in [1.54, 1.807) is 44.2 Å². The summed E-state index contributed by atoms with van der Waals surface area (Å²) in [6, 6.07) is 16.0. The quantitative estimate of drug-likeness (QED) is 0.245. The maximum absolute atomic E-state index is 13.5. The first-order chi connectivity index (χ1) is 18.1. The van der Waals surface area contributed by atoms with Crippen molar-refractivity contribution in [2.24, 2.45) is 5.92 Å². The molecule has 1 aromatic heterocycles. The van der Waals surface area contributed by atoms with Gasteiger partial charge in [0.2, 0.25) is 5.78 Å². The van der Waals surface area contributed by atoms with Crippen molar-refractivity contribution in [3.05, 3.63) is 71.1 Å². The van der Waals surface area contributed by atoms with Crippen LogP contribution in [-0.2, 0) is 14.3 Å². The van der Waals surface area contributed by atoms with Gasteiger partial charge in [0.25, 0.3) is 0 Å². The maximum Gasteiger partial charge on any atom is 0.408 e. The molecule has 3 aromatic rings. The molecule has 4 heterocycles. The Morgan fingerprint density at radius 2 is 1.79 bits per heavy atom. The second kappa shape index (κ2) is 10.5. The van der Waals surface area contributed by atoms with Gasteiger partial charge >= 0.3 is 12.1 Å². The average Bonchev–Trinajstić information content (AvgIpc) is 3.35. The molecule has 2 bridgehead atoms. The van der Waals surface area contributed by atoms with E-state index in [0.717, 1.165) is 36.9 Å². The Balaban J connectivity index is 1.29. The molecule has 2 aromatic carbocycles. The van der Waals surface area contributed by atoms with Crippen molar-refractivity contribution in [1.82, 2.24) is 5.32 Å². The molecule has 2 atom stereocenters. The van der Waals surface area contributed by atoms with E-state index in [0.29, 0.717) is 23.1 Å². The predicted molar refractivity (Wildman–Crippen MR) is 147 cm³/mol. The molecule has 3 saturated heterocycles. The number of ketones is 1. The SMILES string of the molecule is CC(C)(C)OC(=O)NC(C(=O)OC1C[N+]2(CC(=O)c3ccc4sccc4c3)CCC1CC2)c1ccccc1. The van der Waals surface area contributed by atoms with E-state index < -0.39 is 23.7 Å². The summed E-state index contributed by atoms with van der Waals surface area (Å²) in [6.07, 6.45) is 0.840. The lowest BCUT2D eigenvalue weighted by atomic mass is 9.82. The lowest BCUT2D eigenvalue weighted by Crippen LogP contribution is -2.66. The van der Waals surface area contributed by atoms with E-state index in [2.05, 4.69) is 5.32 Å². The van der Waals surface area contributed by atoms with Crippen LogP contribution in [0.5, 0.6) is 0 Å². The molecule has 2 unspecified atom stereocenters. The monoisotopic (exact) mass is 535 g/mol. The smallest absolute Gasteiger partial charge is 0.408 e. The number of benzene rings is 2. The van der Waals surface area contributed by atoms with E-state index in [1.807, 2.05) is 47.8 Å². The minimum Gasteiger partial charge on any atom is -0.454 e. The molecule has 1 amide bonds. The Kier molecular flexibility index (Phi) is 7.29. The molecule has 0 spiro atoms. The summed E-state index contributed by atoms with van der Waals surface area (Å²) in [5.41, 5.74) is 0.671. The fourth-order valence-corrected chi connectivity index (χ4v) is 6.45. The van der Waals surface area contributed by atoms with Crippen molar-refractivity contribution in [3.8, 4) is 0 Å². The van der Waals surface area contributed by atoms with Gasteiger partial charge in [-0.1, -0.05) is 30.3 Å². The Bertz CT molecular complexity index is 1320. The molecule has 0 radical (unpaired) electrons. The Hall–Kier alpha value is -3.23. The zero-order valence-corrected chi connectivity index (χ0v) is 23.0. The number of quaternary nitrogens is 1. The number of carbonyl (C=O) groups excluding carboxylic acids is 3. The molecule has 6 rings (SSSR count). The first-order valence-electron chi connectivity index (χ1n) is 13.2. The maximum atomic E-state index is 13.5. The van der Waals surface area contributed by atoms with Crippen LogP contribution in [0.3, 0.4) is 0 Å². The molecule has 0 aliphatic carbocycles. The molecule has 3 aliphatic heterocycles. The van der Waals surface area contributed by atoms with Gasteiger partial charge in [-0.2, -0.15) is 0 Å². The summed E-state index contributed by atoms with van der Waals surface area (Å²) >= 11 is 1.67. The van der Waals surface area contributed by atoms with Crippen molar-refractivity contribution in [2.45, 2.75) is 51.4 Å². The van der Waals surface area contributed by atoms with Crippen LogP contribution in [0.2, 0.25) is 0 Å². The fourth-order valence-electron chi connectivity index (χ4n) is 5.68. The van der Waals surface area contributed by atoms with E-state index in [-0.39, 0.29) is 17.8 Å². The number of ether oxygens (including phenoxy) is 2. The minimum atomic E-state index is -0.978. The summed E-state index contributed by atoms with van der Waals surface area (Å²) in [7, 11) is 0. The topological polar surface area (TPSA) is 81.7 Å². The van der Waals surface area contributed by atoms with Crippen molar-refractivity contribution in [1.29, 1.82) is 0 Å². The van der Waals surface area contributed by atoms with Crippen LogP contribution in [0.25, 0.3) is 10.1 Å². The summed E-state index contributed by atoms with van der Waals surface area (Å²) in [5.74, 6) is -0.125. The van der Waals surface area contributed by atoms with Crippen molar-refractivity contribution >= 4 is 39.3 Å². The van der Waals surface area contributed by atoms with Crippen LogP contribution in [-0.4, -0.2) is 60.2 Å². The van der Waals surface area contributed by atoms with Crippen LogP contribution < -0.4 is 5.32 Å². The van der Waals surface area contributed by atoms with Gasteiger partial charge in [-0.25, -0.2) is 9.59 Å². The number of thiophene rings is 1. The number of carbonyl (C=O) groups is 3. The lowest BCUT2D eigenvalue weighted by molar-refractivity contribution is -0.938. The molecule has 7 nitrogen and oxygen atoms in total. The van der Waals surface area contributed by atoms with Crippen LogP contribution in [0.4, 0.5) is 4.79 Å². The first kappa shape index (κ1) is 26.4. The summed E-state index contributed by atoms with van der Waals surface area (Å²) < 4.78 is 13.3. The van der Waals surface area contributed by atoms with Crippen molar-refractivity contribution < 1.29 is 28.3 Å². The number of amides is 1. The van der Waals surface area contributed by atoms with Crippen LogP contribution in [0.1, 0.15) is 55.6 Å². The minimum absolute atomic E-state index is 0.122. The summed E-state index contributed by atoms with van der Waals surface area (Å²) in [4.78, 5) is 39.4. The number of esters is 1. The highest BCUT2D eigenvalue weighted by molar-refractivity contribution is 7.17. The largest absolute Gasteiger partial charge is 0.454 e. The second-order valence-corrected chi connectivity index (χ2v) is 12.5. The number of fused-ring (bicyclic) bond motifs is 4. The summed E-state index contributed by atoms with van der Waals surface area (Å²) in [6.45, 7) is 8.15. The third-order valence-corrected chi connectivity index (χ3v) is 8.49. The standard InChI is InChI=1S/C30H34N2O5S/c1-30(2,3)37-29(35)31-27(21-7-5-4-6-8-21)28(34)36-25-19-32(14-11-20(25)12-15-32)18-24(33)22-9-10-26-23(17-22)13-16-38-26/h4-10,13,16-17,20,25,27H,11-12,14-15,18-19H2,1-3H3/p+1. The number of alkyl carbamates (subject to hydrolysis) is 1. The zero-order chi connectivity index (χ0) is 26.9. The molecule has 3 aliphatic rings. The Labute approximate surface area is 227 Å². The molecule has 38 heavy (non-hydrogen) atoms. The van der Waals surface area contributed by atoms with Crippen LogP contribution in [0.15, 0.2) is 60.0 Å². The number of hydrogen-bond donors (Lipinski definition) is 1. The first-order valence-corrected chi connectivity index (χ1v) is 14.1. The zero-order valence-electron chi connectivity index (χ0n) is 22.1. The van der Waals surface area contributed by atoms with Crippen LogP contribution in [0, 0.1) is 5.92 Å². The number of Topliss-reactive ketones (excluding diaryl/α,β-unsaturated/α-hetero) is 1. The highest BCUT2D eigenvalue weighted by Gasteiger charge is 2.49. The third kappa shape index (κ3) is 5.92. The molecular weight excluding hydrogens is 500 g/mol. The number of nitrogens with zero attached hydrogens (tertiary/aromatic N) is 1. The predicted octanol–water partition coefficient (Wildman–Crippen LogP) is 5.50. The average molecular weight is 536 g/mol. The number of piperidine rings is 3. The molecule has 3 fully saturated rings. The lowest BCUT2D eigenvalue weighted by Gasteiger charge is -2.51. The molecular formula is C30H35N2O5S+. The van der Waals surface area contributed by atoms with Crippen molar-refractivity contribution in [2.75, 3.05) is 26.2 Å². The van der Waals surface area contributed by atoms with Gasteiger partial charge in [-0.15, -0.1) is 11.3 Å². The number of nitrogens with one attached hydrogen (secondary N) is 1. The van der Waals surface area contributed by atoms with Gasteiger partial charge in [-0.3, -0.25) is 4.79 Å². The van der Waals surface area contributed by atoms with E-state index in [9.17, 15) is 14.4 Å². The number of rotatable bonds is 7. The third-order valence-electron chi connectivity index (χ3n) is 7.59. The van der Waals surface area contributed by atoms with Gasteiger partial charge < -0.3 is 19.3 Å². The van der Waals surface area contributed by atoms with E-state index in [1.165, 1.54) is 4.70 Å². The molecule has 1 N–H and O–H groups in total. The van der Waals surface area contributed by atoms with Gasteiger partial charge in [0.1, 0.15) is 18.7 Å². The number of hydrogen-bond acceptors (Lipinski definition) is 6. The van der Waals surface area contributed by atoms with Gasteiger partial charge in [-0.05, 0) is 61.4 Å². The highest BCUT2D eigenvalue weighted by atomic mass is 32.1. The van der Waals surface area contributed by atoms with E-state index >= 15 is 0 Å². The molecule has 8 heteroatoms. The van der Waals surface area contributed by atoms with Gasteiger partial charge in [0.05, 0.1) is 13.1 Å². The molecule has 0 saturated carbocycles. The Morgan fingerprint density at radius 3 is 2.50 bits per heavy atom. The van der Waals surface area contributed by atoms with Gasteiger partial charge in [0, 0.05) is 29.0 Å². The van der Waals surface area contributed by atoms with Crippen LogP contribution >= 0.6 is 11.3 Å². The normalized spacial score (nSPS) is 23.6. The van der Waals surface area contributed by atoms with Gasteiger partial charge in [0.15, 0.2) is 12.1 Å². The highest BCUT2D eigenvalue weighted by Crippen LogP contribution is 2.36. The molecule has 200 valence electrons. The summed E-state index contributed by atoms with van der Waals surface area (Å²) in [5, 5.41) is 5.83. The van der Waals surface area contributed by atoms with Crippen molar-refractivity contribution in [3.63, 3.8) is 0 Å². The van der Waals surface area contributed by atoms with E-state index in [4.69, 9.17) is 9.47 Å². The second-order valence-electron chi connectivity index (χ2n) is 11.5. The Morgan fingerprint density at radius 1 is 1.05 bits per heavy atom. The fraction of sp³-hybridized carbons (Fsp3) is 0.433.